The largest absolute Gasteiger partial charge is 0.490 e. The molecule has 1 saturated carbocycles. The summed E-state index contributed by atoms with van der Waals surface area (Å²) in [7, 11) is 1.77. The maximum absolute atomic E-state index is 10.6. The van der Waals surface area contributed by atoms with Crippen molar-refractivity contribution < 1.29 is 27.8 Å². The highest BCUT2D eigenvalue weighted by Gasteiger charge is 2.38. The van der Waals surface area contributed by atoms with Crippen LogP contribution < -0.4 is 0 Å². The summed E-state index contributed by atoms with van der Waals surface area (Å²) in [6.07, 6.45) is 2.08. The quantitative estimate of drug-likeness (QED) is 0.904. The second-order valence-electron chi connectivity index (χ2n) is 6.02. The van der Waals surface area contributed by atoms with Gasteiger partial charge in [0.15, 0.2) is 0 Å². The van der Waals surface area contributed by atoms with E-state index in [1.165, 1.54) is 25.0 Å². The van der Waals surface area contributed by atoms with Crippen LogP contribution in [0, 0.1) is 0 Å². The first kappa shape index (κ1) is 18.7. The molecule has 0 radical (unpaired) electrons. The Morgan fingerprint density at radius 3 is 2.62 bits per heavy atom. The molecule has 6 nitrogen and oxygen atoms in total. The van der Waals surface area contributed by atoms with E-state index in [4.69, 9.17) is 14.6 Å². The molecule has 1 N–H and O–H groups in total. The smallest absolute Gasteiger partial charge is 0.475 e. The lowest BCUT2D eigenvalue weighted by molar-refractivity contribution is -0.192. The predicted octanol–water partition coefficient (Wildman–Crippen LogP) is 2.46. The van der Waals surface area contributed by atoms with E-state index >= 15 is 0 Å². The number of carbonyl (C=O) groups is 1. The van der Waals surface area contributed by atoms with E-state index < -0.39 is 12.1 Å². The summed E-state index contributed by atoms with van der Waals surface area (Å²) in [5, 5.41) is 11.6. The van der Waals surface area contributed by atoms with Gasteiger partial charge in [0.25, 0.3) is 0 Å². The number of carboxylic acid groups (broad SMARTS) is 1. The number of alkyl halides is 3. The normalized spacial score (nSPS) is 21.4. The molecule has 1 aromatic rings. The van der Waals surface area contributed by atoms with Crippen LogP contribution in [0.25, 0.3) is 0 Å². The third-order valence-corrected chi connectivity index (χ3v) is 4.40. The van der Waals surface area contributed by atoms with Crippen molar-refractivity contribution in [2.45, 2.75) is 50.5 Å². The fraction of sp³-hybridized carbons (Fsp3) is 0.733. The molecule has 1 fully saturated rings. The van der Waals surface area contributed by atoms with E-state index in [1.54, 1.807) is 7.11 Å². The van der Waals surface area contributed by atoms with Crippen molar-refractivity contribution in [2.75, 3.05) is 20.3 Å². The number of hydrogen-bond donors (Lipinski definition) is 1. The molecule has 24 heavy (non-hydrogen) atoms. The number of aromatic nitrogens is 2. The van der Waals surface area contributed by atoms with Gasteiger partial charge in [0, 0.05) is 39.0 Å². The van der Waals surface area contributed by atoms with Crippen LogP contribution in [-0.2, 0) is 16.1 Å². The number of carboxylic acids is 1. The Balaban J connectivity index is 0.000000256. The van der Waals surface area contributed by atoms with Gasteiger partial charge in [-0.3, -0.25) is 9.58 Å². The van der Waals surface area contributed by atoms with Crippen molar-refractivity contribution in [2.24, 2.45) is 0 Å². The van der Waals surface area contributed by atoms with E-state index in [2.05, 4.69) is 20.7 Å². The zero-order valence-electron chi connectivity index (χ0n) is 13.5. The minimum atomic E-state index is -5.08. The molecule has 1 aliphatic heterocycles. The molecule has 1 aromatic heterocycles. The number of fused-ring (bicyclic) bond motifs is 1. The maximum atomic E-state index is 10.6. The molecular formula is C15H22F3N3O3. The molecule has 2 heterocycles. The molecule has 3 rings (SSSR count). The fourth-order valence-electron chi connectivity index (χ4n) is 2.91. The van der Waals surface area contributed by atoms with Crippen molar-refractivity contribution in [1.82, 2.24) is 14.7 Å². The highest BCUT2D eigenvalue weighted by atomic mass is 19.4. The van der Waals surface area contributed by atoms with Crippen LogP contribution in [0.5, 0.6) is 0 Å². The zero-order chi connectivity index (χ0) is 17.7. The Hall–Kier alpha value is -1.61. The molecule has 136 valence electrons. The number of methoxy groups -OCH3 is 1. The summed E-state index contributed by atoms with van der Waals surface area (Å²) >= 11 is 0. The minimum absolute atomic E-state index is 0.495. The molecule has 0 spiro atoms. The molecule has 1 aliphatic carbocycles. The molecule has 1 atom stereocenters. The van der Waals surface area contributed by atoms with Crippen LogP contribution in [0.1, 0.15) is 37.4 Å². The van der Waals surface area contributed by atoms with Crippen LogP contribution in [0.4, 0.5) is 13.2 Å². The van der Waals surface area contributed by atoms with Crippen LogP contribution >= 0.6 is 0 Å². The van der Waals surface area contributed by atoms with E-state index in [1.807, 2.05) is 6.20 Å². The lowest BCUT2D eigenvalue weighted by Crippen LogP contribution is -2.46. The molecular weight excluding hydrogens is 327 g/mol. The van der Waals surface area contributed by atoms with Gasteiger partial charge in [-0.25, -0.2) is 4.79 Å². The minimum Gasteiger partial charge on any atom is -0.475 e. The van der Waals surface area contributed by atoms with Gasteiger partial charge in [0.1, 0.15) is 0 Å². The number of halogens is 3. The molecule has 0 bridgehead atoms. The summed E-state index contributed by atoms with van der Waals surface area (Å²) in [6.45, 7) is 3.04. The van der Waals surface area contributed by atoms with E-state index in [-0.39, 0.29) is 0 Å². The maximum Gasteiger partial charge on any atom is 0.490 e. The Morgan fingerprint density at radius 2 is 2.12 bits per heavy atom. The lowest BCUT2D eigenvalue weighted by atomic mass is 9.90. The van der Waals surface area contributed by atoms with Gasteiger partial charge in [-0.05, 0) is 25.3 Å². The Morgan fingerprint density at radius 1 is 1.46 bits per heavy atom. The molecule has 1 unspecified atom stereocenters. The SMILES string of the molecule is COCCC1CN(C2CCC2)Cc2ccnn21.O=C(O)C(F)(F)F. The van der Waals surface area contributed by atoms with Crippen molar-refractivity contribution in [1.29, 1.82) is 0 Å². The lowest BCUT2D eigenvalue weighted by Gasteiger charge is -2.42. The van der Waals surface area contributed by atoms with Gasteiger partial charge in [-0.1, -0.05) is 6.42 Å². The van der Waals surface area contributed by atoms with Crippen molar-refractivity contribution in [3.8, 4) is 0 Å². The van der Waals surface area contributed by atoms with Crippen molar-refractivity contribution in [3.05, 3.63) is 18.0 Å². The average molecular weight is 349 g/mol. The Bertz CT molecular complexity index is 544. The summed E-state index contributed by atoms with van der Waals surface area (Å²) in [5.74, 6) is -2.76. The molecule has 2 aliphatic rings. The monoisotopic (exact) mass is 349 g/mol. The first-order valence-electron chi connectivity index (χ1n) is 7.88. The topological polar surface area (TPSA) is 67.6 Å². The summed E-state index contributed by atoms with van der Waals surface area (Å²) in [4.78, 5) is 11.5. The fourth-order valence-corrected chi connectivity index (χ4v) is 2.91. The van der Waals surface area contributed by atoms with E-state index in [9.17, 15) is 13.2 Å². The standard InChI is InChI=1S/C13H21N3O.C2HF3O2/c1-17-8-6-13-10-15(11-3-2-4-11)9-12-5-7-14-16(12)13;3-2(4,5)1(6)7/h5,7,11,13H,2-4,6,8-10H2,1H3;(H,6,7). The number of hydrogen-bond acceptors (Lipinski definition) is 4. The first-order chi connectivity index (χ1) is 11.3. The molecule has 9 heteroatoms. The van der Waals surface area contributed by atoms with Gasteiger partial charge < -0.3 is 9.84 Å². The van der Waals surface area contributed by atoms with Gasteiger partial charge in [-0.2, -0.15) is 18.3 Å². The first-order valence-corrected chi connectivity index (χ1v) is 7.88. The highest BCUT2D eigenvalue weighted by molar-refractivity contribution is 5.73. The van der Waals surface area contributed by atoms with Crippen LogP contribution in [0.3, 0.4) is 0 Å². The van der Waals surface area contributed by atoms with E-state index in [0.717, 1.165) is 32.2 Å². The predicted molar refractivity (Wildman–Crippen MR) is 79.5 cm³/mol. The van der Waals surface area contributed by atoms with Gasteiger partial charge in [-0.15, -0.1) is 0 Å². The number of nitrogens with zero attached hydrogens (tertiary/aromatic N) is 3. The highest BCUT2D eigenvalue weighted by Crippen LogP contribution is 2.31. The summed E-state index contributed by atoms with van der Waals surface area (Å²) < 4.78 is 39.2. The molecule has 0 amide bonds. The molecule has 0 aromatic carbocycles. The molecule has 0 saturated heterocycles. The van der Waals surface area contributed by atoms with Crippen LogP contribution in [-0.4, -0.2) is 58.2 Å². The number of aliphatic carboxylic acids is 1. The second-order valence-corrected chi connectivity index (χ2v) is 6.02. The zero-order valence-corrected chi connectivity index (χ0v) is 13.5. The number of rotatable bonds is 4. The third kappa shape index (κ3) is 4.70. The summed E-state index contributed by atoms with van der Waals surface area (Å²) in [5.41, 5.74) is 1.37. The third-order valence-electron chi connectivity index (χ3n) is 4.40. The average Bonchev–Trinajstić information content (AvgIpc) is 2.91. The van der Waals surface area contributed by atoms with Gasteiger partial charge >= 0.3 is 12.1 Å². The van der Waals surface area contributed by atoms with Crippen LogP contribution in [0.15, 0.2) is 12.3 Å². The Kier molecular flexibility index (Phi) is 6.22. The van der Waals surface area contributed by atoms with E-state index in [0.29, 0.717) is 6.04 Å². The van der Waals surface area contributed by atoms with Crippen molar-refractivity contribution in [3.63, 3.8) is 0 Å². The van der Waals surface area contributed by atoms with Gasteiger partial charge in [0.05, 0.1) is 11.7 Å². The van der Waals surface area contributed by atoms with Crippen LogP contribution in [0.2, 0.25) is 0 Å². The second kappa shape index (κ2) is 7.98. The number of ether oxygens (including phenoxy) is 1. The summed E-state index contributed by atoms with van der Waals surface area (Å²) in [6, 6.07) is 3.47. The van der Waals surface area contributed by atoms with Crippen molar-refractivity contribution >= 4 is 5.97 Å². The Labute approximate surface area is 138 Å². The van der Waals surface area contributed by atoms with Gasteiger partial charge in [0.2, 0.25) is 0 Å².